The third kappa shape index (κ3) is 4.26. The van der Waals surface area contributed by atoms with E-state index in [4.69, 9.17) is 17.0 Å². The Morgan fingerprint density at radius 3 is 2.79 bits per heavy atom. The van der Waals surface area contributed by atoms with E-state index in [1.54, 1.807) is 12.1 Å². The summed E-state index contributed by atoms with van der Waals surface area (Å²) in [5.41, 5.74) is 1.71. The van der Waals surface area contributed by atoms with Gasteiger partial charge in [0.25, 0.3) is 11.6 Å². The Kier molecular flexibility index (Phi) is 5.87. The summed E-state index contributed by atoms with van der Waals surface area (Å²) in [5, 5.41) is 16.8. The normalized spacial score (nSPS) is 10.5. The predicted octanol–water partition coefficient (Wildman–Crippen LogP) is 4.41. The van der Waals surface area contributed by atoms with Crippen LogP contribution in [0.2, 0.25) is 0 Å². The van der Waals surface area contributed by atoms with Gasteiger partial charge >= 0.3 is 0 Å². The van der Waals surface area contributed by atoms with Crippen molar-refractivity contribution in [1.82, 2.24) is 10.3 Å². The standard InChI is InChI=1S/C17H13BrN4O4S2/c1-8-5-9(18)6-11(14(8)26-2)15(23)20-16(27)21-17-19-12-4-3-10(22(24)25)7-13(12)28-17/h3-7H,1-2H3,(H2,19,20,21,23,27). The van der Waals surface area contributed by atoms with Crippen LogP contribution in [-0.4, -0.2) is 28.0 Å². The first kappa shape index (κ1) is 20.1. The summed E-state index contributed by atoms with van der Waals surface area (Å²) in [6.07, 6.45) is 0. The molecule has 2 N–H and O–H groups in total. The van der Waals surface area contributed by atoms with E-state index < -0.39 is 10.8 Å². The van der Waals surface area contributed by atoms with Gasteiger partial charge in [0, 0.05) is 16.6 Å². The van der Waals surface area contributed by atoms with E-state index in [0.29, 0.717) is 26.7 Å². The van der Waals surface area contributed by atoms with Crippen LogP contribution < -0.4 is 15.4 Å². The lowest BCUT2D eigenvalue weighted by Crippen LogP contribution is -2.34. The van der Waals surface area contributed by atoms with E-state index >= 15 is 0 Å². The number of hydrogen-bond acceptors (Lipinski definition) is 7. The van der Waals surface area contributed by atoms with E-state index in [2.05, 4.69) is 31.5 Å². The molecule has 0 aliphatic rings. The third-order valence-corrected chi connectivity index (χ3v) is 5.31. The van der Waals surface area contributed by atoms with Gasteiger partial charge in [-0.05, 0) is 42.9 Å². The van der Waals surface area contributed by atoms with Crippen LogP contribution in [0.25, 0.3) is 10.2 Å². The number of nitrogens with zero attached hydrogens (tertiary/aromatic N) is 2. The van der Waals surface area contributed by atoms with E-state index in [0.717, 1.165) is 10.0 Å². The molecular weight excluding hydrogens is 468 g/mol. The van der Waals surface area contributed by atoms with Crippen molar-refractivity contribution < 1.29 is 14.5 Å². The van der Waals surface area contributed by atoms with Gasteiger partial charge in [-0.25, -0.2) is 4.98 Å². The highest BCUT2D eigenvalue weighted by Gasteiger charge is 2.17. The van der Waals surface area contributed by atoms with Gasteiger partial charge in [-0.3, -0.25) is 20.2 Å². The number of methoxy groups -OCH3 is 1. The molecule has 1 amide bonds. The molecule has 2 aromatic carbocycles. The molecule has 11 heteroatoms. The number of non-ortho nitro benzene ring substituents is 1. The van der Waals surface area contributed by atoms with Gasteiger partial charge in [-0.2, -0.15) is 0 Å². The van der Waals surface area contributed by atoms with Gasteiger partial charge in [-0.15, -0.1) is 0 Å². The molecular formula is C17H13BrN4O4S2. The highest BCUT2D eigenvalue weighted by atomic mass is 79.9. The van der Waals surface area contributed by atoms with Crippen molar-refractivity contribution in [1.29, 1.82) is 0 Å². The minimum absolute atomic E-state index is 0.0179. The van der Waals surface area contributed by atoms with Crippen molar-refractivity contribution in [3.05, 3.63) is 56.0 Å². The molecule has 3 rings (SSSR count). The number of fused-ring (bicyclic) bond motifs is 1. The Morgan fingerprint density at radius 1 is 1.36 bits per heavy atom. The minimum atomic E-state index is -0.468. The van der Waals surface area contributed by atoms with Crippen LogP contribution in [-0.2, 0) is 0 Å². The van der Waals surface area contributed by atoms with E-state index in [9.17, 15) is 14.9 Å². The molecule has 0 unspecified atom stereocenters. The zero-order valence-electron chi connectivity index (χ0n) is 14.6. The molecule has 0 fully saturated rings. The molecule has 1 aromatic heterocycles. The Morgan fingerprint density at radius 2 is 2.11 bits per heavy atom. The third-order valence-electron chi connectivity index (χ3n) is 3.72. The minimum Gasteiger partial charge on any atom is -0.496 e. The van der Waals surface area contributed by atoms with Crippen LogP contribution in [0.1, 0.15) is 15.9 Å². The molecule has 3 aromatic rings. The number of ether oxygens (including phenoxy) is 1. The van der Waals surface area contributed by atoms with Crippen LogP contribution >= 0.6 is 39.5 Å². The van der Waals surface area contributed by atoms with Gasteiger partial charge in [0.05, 0.1) is 27.8 Å². The second-order valence-electron chi connectivity index (χ2n) is 5.64. The predicted molar refractivity (Wildman–Crippen MR) is 115 cm³/mol. The summed E-state index contributed by atoms with van der Waals surface area (Å²) in [6, 6.07) is 7.86. The summed E-state index contributed by atoms with van der Waals surface area (Å²) < 4.78 is 6.68. The summed E-state index contributed by atoms with van der Waals surface area (Å²) in [4.78, 5) is 27.3. The zero-order valence-corrected chi connectivity index (χ0v) is 17.8. The van der Waals surface area contributed by atoms with Gasteiger partial charge in [0.1, 0.15) is 5.75 Å². The van der Waals surface area contributed by atoms with Crippen molar-refractivity contribution in [3.63, 3.8) is 0 Å². The lowest BCUT2D eigenvalue weighted by atomic mass is 10.1. The van der Waals surface area contributed by atoms with Crippen LogP contribution in [0.5, 0.6) is 5.75 Å². The number of carbonyl (C=O) groups is 1. The number of anilines is 1. The van der Waals surface area contributed by atoms with Crippen molar-refractivity contribution in [3.8, 4) is 5.75 Å². The van der Waals surface area contributed by atoms with E-state index in [1.807, 2.05) is 13.0 Å². The first-order chi connectivity index (χ1) is 13.3. The van der Waals surface area contributed by atoms with Crippen molar-refractivity contribution in [2.24, 2.45) is 0 Å². The van der Waals surface area contributed by atoms with Crippen LogP contribution in [0, 0.1) is 17.0 Å². The highest BCUT2D eigenvalue weighted by Crippen LogP contribution is 2.30. The highest BCUT2D eigenvalue weighted by molar-refractivity contribution is 9.10. The van der Waals surface area contributed by atoms with Crippen LogP contribution in [0.3, 0.4) is 0 Å². The van der Waals surface area contributed by atoms with Crippen molar-refractivity contribution >= 4 is 71.5 Å². The number of amides is 1. The fourth-order valence-electron chi connectivity index (χ4n) is 2.55. The fraction of sp³-hybridized carbons (Fsp3) is 0.118. The first-order valence-electron chi connectivity index (χ1n) is 7.80. The molecule has 0 atom stereocenters. The monoisotopic (exact) mass is 480 g/mol. The second kappa shape index (κ2) is 8.17. The zero-order chi connectivity index (χ0) is 20.4. The summed E-state index contributed by atoms with van der Waals surface area (Å²) in [5.74, 6) is 0.0197. The summed E-state index contributed by atoms with van der Waals surface area (Å²) >= 11 is 9.75. The first-order valence-corrected chi connectivity index (χ1v) is 9.81. The Bertz CT molecular complexity index is 1120. The van der Waals surface area contributed by atoms with Crippen LogP contribution in [0.4, 0.5) is 10.8 Å². The molecule has 0 saturated carbocycles. The second-order valence-corrected chi connectivity index (χ2v) is 7.99. The smallest absolute Gasteiger partial charge is 0.270 e. The quantitative estimate of drug-likeness (QED) is 0.323. The lowest BCUT2D eigenvalue weighted by Gasteiger charge is -2.13. The molecule has 0 radical (unpaired) electrons. The number of nitrogens with one attached hydrogen (secondary N) is 2. The summed E-state index contributed by atoms with van der Waals surface area (Å²) in [7, 11) is 1.49. The van der Waals surface area contributed by atoms with Crippen LogP contribution in [0.15, 0.2) is 34.8 Å². The van der Waals surface area contributed by atoms with Crippen molar-refractivity contribution in [2.45, 2.75) is 6.92 Å². The Balaban J connectivity index is 1.76. The average molecular weight is 481 g/mol. The molecule has 144 valence electrons. The number of hydrogen-bond donors (Lipinski definition) is 2. The van der Waals surface area contributed by atoms with Gasteiger partial charge in [-0.1, -0.05) is 27.3 Å². The van der Waals surface area contributed by atoms with Gasteiger partial charge < -0.3 is 10.1 Å². The molecule has 8 nitrogen and oxygen atoms in total. The number of nitro benzene ring substituents is 1. The molecule has 0 spiro atoms. The van der Waals surface area contributed by atoms with E-state index in [-0.39, 0.29) is 10.8 Å². The number of halogens is 1. The SMILES string of the molecule is COc1c(C)cc(Br)cc1C(=O)NC(=S)Nc1nc2ccc([N+](=O)[O-])cc2s1. The Labute approximate surface area is 177 Å². The number of carbonyl (C=O) groups excluding carboxylic acids is 1. The molecule has 0 saturated heterocycles. The largest absolute Gasteiger partial charge is 0.496 e. The van der Waals surface area contributed by atoms with Gasteiger partial charge in [0.15, 0.2) is 10.2 Å². The number of benzene rings is 2. The molecule has 28 heavy (non-hydrogen) atoms. The number of thiocarbonyl (C=S) groups is 1. The topological polar surface area (TPSA) is 106 Å². The Hall–Kier alpha value is -2.63. The number of rotatable bonds is 4. The van der Waals surface area contributed by atoms with Crippen molar-refractivity contribution in [2.75, 3.05) is 12.4 Å². The average Bonchev–Trinajstić information content (AvgIpc) is 3.01. The lowest BCUT2D eigenvalue weighted by molar-refractivity contribution is -0.384. The number of aryl methyl sites for hydroxylation is 1. The number of aromatic nitrogens is 1. The maximum Gasteiger partial charge on any atom is 0.270 e. The van der Waals surface area contributed by atoms with Gasteiger partial charge in [0.2, 0.25) is 0 Å². The number of nitro groups is 1. The number of thiazole rings is 1. The fourth-order valence-corrected chi connectivity index (χ4v) is 4.28. The molecule has 1 heterocycles. The molecule has 0 bridgehead atoms. The maximum atomic E-state index is 12.6. The van der Waals surface area contributed by atoms with E-state index in [1.165, 1.54) is 30.6 Å². The maximum absolute atomic E-state index is 12.6. The molecule has 0 aliphatic heterocycles. The molecule has 0 aliphatic carbocycles. The summed E-state index contributed by atoms with van der Waals surface area (Å²) in [6.45, 7) is 1.83.